The molecular weight excluding hydrogens is 288 g/mol. The van der Waals surface area contributed by atoms with Gasteiger partial charge in [0.25, 0.3) is 6.47 Å². The fourth-order valence-electron chi connectivity index (χ4n) is 4.07. The number of hydrogen-bond donors (Lipinski definition) is 0. The fraction of sp³-hybridized carbons (Fsp3) is 0.688. The van der Waals surface area contributed by atoms with Crippen LogP contribution in [0.5, 0.6) is 0 Å². The Kier molecular flexibility index (Phi) is 4.88. The van der Waals surface area contributed by atoms with Crippen LogP contribution in [-0.2, 0) is 28.6 Å². The minimum atomic E-state index is -0.477. The number of rotatable bonds is 6. The molecule has 6 unspecified atom stereocenters. The largest absolute Gasteiger partial charge is 0.469 e. The second-order valence-corrected chi connectivity index (χ2v) is 6.21. The number of hydrogen-bond acceptors (Lipinski definition) is 6. The average Bonchev–Trinajstić information content (AvgIpc) is 2.99. The molecule has 6 heteroatoms. The first-order valence-electron chi connectivity index (χ1n) is 7.41. The monoisotopic (exact) mass is 310 g/mol. The van der Waals surface area contributed by atoms with Crippen molar-refractivity contribution in [3.63, 3.8) is 0 Å². The summed E-state index contributed by atoms with van der Waals surface area (Å²) in [6, 6.07) is 0. The molecule has 0 spiro atoms. The molecular formula is C16H22O6. The lowest BCUT2D eigenvalue weighted by atomic mass is 9.73. The van der Waals surface area contributed by atoms with Crippen molar-refractivity contribution >= 4 is 18.4 Å². The van der Waals surface area contributed by atoms with Crippen LogP contribution >= 0.6 is 0 Å². The number of esters is 2. The number of fused-ring (bicyclic) bond motifs is 2. The van der Waals surface area contributed by atoms with Gasteiger partial charge in [0.1, 0.15) is 6.10 Å². The van der Waals surface area contributed by atoms with Crippen molar-refractivity contribution in [2.45, 2.75) is 26.4 Å². The molecule has 6 atom stereocenters. The quantitative estimate of drug-likeness (QED) is 0.319. The van der Waals surface area contributed by atoms with Crippen LogP contribution in [0.3, 0.4) is 0 Å². The molecule has 0 saturated heterocycles. The number of carbonyl (C=O) groups is 3. The summed E-state index contributed by atoms with van der Waals surface area (Å²) in [6.07, 6.45) is 0.450. The van der Waals surface area contributed by atoms with Gasteiger partial charge in [-0.05, 0) is 25.2 Å². The molecule has 6 nitrogen and oxygen atoms in total. The van der Waals surface area contributed by atoms with Gasteiger partial charge < -0.3 is 14.2 Å². The van der Waals surface area contributed by atoms with E-state index < -0.39 is 5.97 Å². The maximum Gasteiger partial charge on any atom is 0.333 e. The van der Waals surface area contributed by atoms with E-state index in [-0.39, 0.29) is 48.3 Å². The molecule has 2 rings (SSSR count). The van der Waals surface area contributed by atoms with Crippen molar-refractivity contribution in [3.8, 4) is 0 Å². The first-order chi connectivity index (χ1) is 10.4. The van der Waals surface area contributed by atoms with Crippen LogP contribution in [0.25, 0.3) is 0 Å². The first kappa shape index (κ1) is 16.5. The number of methoxy groups -OCH3 is 1. The Hall–Kier alpha value is -1.85. The molecule has 0 aromatic carbocycles. The molecule has 0 heterocycles. The molecule has 0 radical (unpaired) electrons. The van der Waals surface area contributed by atoms with E-state index in [1.165, 1.54) is 7.11 Å². The third kappa shape index (κ3) is 2.74. The Morgan fingerprint density at radius 3 is 2.55 bits per heavy atom. The van der Waals surface area contributed by atoms with Crippen LogP contribution in [0.4, 0.5) is 0 Å². The Balaban J connectivity index is 2.14. The van der Waals surface area contributed by atoms with Crippen LogP contribution in [-0.4, -0.2) is 38.2 Å². The molecule has 22 heavy (non-hydrogen) atoms. The van der Waals surface area contributed by atoms with Crippen LogP contribution in [0.1, 0.15) is 20.3 Å². The third-order valence-electron chi connectivity index (χ3n) is 5.08. The predicted octanol–water partition coefficient (Wildman–Crippen LogP) is 1.34. The van der Waals surface area contributed by atoms with Crippen molar-refractivity contribution in [1.82, 2.24) is 0 Å². The molecule has 2 bridgehead atoms. The van der Waals surface area contributed by atoms with E-state index in [1.807, 2.05) is 6.92 Å². The molecule has 0 aromatic heterocycles. The summed E-state index contributed by atoms with van der Waals surface area (Å²) < 4.78 is 15.3. The first-order valence-corrected chi connectivity index (χ1v) is 7.41. The molecule has 2 aliphatic rings. The standard InChI is InChI=1S/C16H22O6/c1-8(2)15(18)21-6-12-11-5-10(14(12)22-7-17)9(3)13(11)16(19)20-4/h7,9-14H,1,5-6H2,2-4H3. The van der Waals surface area contributed by atoms with Crippen molar-refractivity contribution in [1.29, 1.82) is 0 Å². The summed E-state index contributed by atoms with van der Waals surface area (Å²) in [7, 11) is 1.37. The minimum Gasteiger partial charge on any atom is -0.469 e. The summed E-state index contributed by atoms with van der Waals surface area (Å²) in [5.74, 6) is -0.983. The van der Waals surface area contributed by atoms with E-state index in [2.05, 4.69) is 6.58 Å². The van der Waals surface area contributed by atoms with E-state index >= 15 is 0 Å². The van der Waals surface area contributed by atoms with Gasteiger partial charge in [0.05, 0.1) is 19.6 Å². The minimum absolute atomic E-state index is 0.00433. The van der Waals surface area contributed by atoms with E-state index in [9.17, 15) is 14.4 Å². The Morgan fingerprint density at radius 1 is 1.32 bits per heavy atom. The zero-order valence-corrected chi connectivity index (χ0v) is 13.1. The van der Waals surface area contributed by atoms with Gasteiger partial charge >= 0.3 is 11.9 Å². The zero-order valence-electron chi connectivity index (χ0n) is 13.1. The van der Waals surface area contributed by atoms with Crippen LogP contribution in [0, 0.1) is 29.6 Å². The number of carbonyl (C=O) groups excluding carboxylic acids is 3. The van der Waals surface area contributed by atoms with Crippen LogP contribution in [0.15, 0.2) is 12.2 Å². The van der Waals surface area contributed by atoms with Crippen molar-refractivity contribution in [3.05, 3.63) is 12.2 Å². The summed E-state index contributed by atoms with van der Waals surface area (Å²) in [5.41, 5.74) is 0.314. The molecule has 0 N–H and O–H groups in total. The Morgan fingerprint density at radius 2 is 2.00 bits per heavy atom. The van der Waals surface area contributed by atoms with E-state index in [4.69, 9.17) is 14.2 Å². The van der Waals surface area contributed by atoms with E-state index in [0.717, 1.165) is 6.42 Å². The summed E-state index contributed by atoms with van der Waals surface area (Å²) in [4.78, 5) is 34.4. The molecule has 0 aliphatic heterocycles. The van der Waals surface area contributed by atoms with Gasteiger partial charge in [0, 0.05) is 17.4 Å². The highest BCUT2D eigenvalue weighted by Gasteiger charge is 2.60. The lowest BCUT2D eigenvalue weighted by molar-refractivity contribution is -0.158. The highest BCUT2D eigenvalue weighted by atomic mass is 16.5. The van der Waals surface area contributed by atoms with Crippen LogP contribution in [0.2, 0.25) is 0 Å². The Labute approximate surface area is 129 Å². The van der Waals surface area contributed by atoms with Gasteiger partial charge in [-0.3, -0.25) is 9.59 Å². The molecule has 2 fully saturated rings. The van der Waals surface area contributed by atoms with Crippen molar-refractivity contribution in [2.75, 3.05) is 13.7 Å². The topological polar surface area (TPSA) is 78.9 Å². The SMILES string of the molecule is C=C(C)C(=O)OCC1C2CC(C(C)C2C(=O)OC)C1OC=O. The van der Waals surface area contributed by atoms with E-state index in [0.29, 0.717) is 12.0 Å². The molecule has 0 amide bonds. The van der Waals surface area contributed by atoms with Gasteiger partial charge in [0.15, 0.2) is 0 Å². The van der Waals surface area contributed by atoms with Gasteiger partial charge in [-0.15, -0.1) is 0 Å². The second kappa shape index (κ2) is 6.50. The average molecular weight is 310 g/mol. The third-order valence-corrected chi connectivity index (χ3v) is 5.08. The molecule has 2 saturated carbocycles. The number of ether oxygens (including phenoxy) is 3. The molecule has 0 aromatic rings. The van der Waals surface area contributed by atoms with Gasteiger partial charge in [-0.1, -0.05) is 13.5 Å². The fourth-order valence-corrected chi connectivity index (χ4v) is 4.07. The zero-order chi connectivity index (χ0) is 16.4. The van der Waals surface area contributed by atoms with Gasteiger partial charge in [-0.25, -0.2) is 4.79 Å². The van der Waals surface area contributed by atoms with Gasteiger partial charge in [-0.2, -0.15) is 0 Å². The second-order valence-electron chi connectivity index (χ2n) is 6.21. The maximum atomic E-state index is 12.0. The summed E-state index contributed by atoms with van der Waals surface area (Å²) in [5, 5.41) is 0. The normalized spacial score (nSPS) is 35.8. The highest BCUT2D eigenvalue weighted by molar-refractivity contribution is 5.86. The lowest BCUT2D eigenvalue weighted by Gasteiger charge is -2.36. The Bertz CT molecular complexity index is 485. The molecule has 2 aliphatic carbocycles. The summed E-state index contributed by atoms with van der Waals surface area (Å²) in [6.45, 7) is 7.63. The van der Waals surface area contributed by atoms with E-state index in [1.54, 1.807) is 6.92 Å². The maximum absolute atomic E-state index is 12.0. The highest BCUT2D eigenvalue weighted by Crippen LogP contribution is 2.56. The smallest absolute Gasteiger partial charge is 0.333 e. The lowest BCUT2D eigenvalue weighted by Crippen LogP contribution is -2.44. The summed E-state index contributed by atoms with van der Waals surface area (Å²) >= 11 is 0. The van der Waals surface area contributed by atoms with Crippen molar-refractivity contribution in [2.24, 2.45) is 29.6 Å². The van der Waals surface area contributed by atoms with Gasteiger partial charge in [0.2, 0.25) is 0 Å². The molecule has 122 valence electrons. The predicted molar refractivity (Wildman–Crippen MR) is 76.5 cm³/mol. The van der Waals surface area contributed by atoms with Crippen molar-refractivity contribution < 1.29 is 28.6 Å². The van der Waals surface area contributed by atoms with Crippen LogP contribution < -0.4 is 0 Å².